The highest BCUT2D eigenvalue weighted by Gasteiger charge is 2.22. The van der Waals surface area contributed by atoms with Crippen LogP contribution in [0.4, 0.5) is 0 Å². The molecule has 4 aromatic rings. The molecule has 1 N–H and O–H groups in total. The predicted octanol–water partition coefficient (Wildman–Crippen LogP) is 4.71. The van der Waals surface area contributed by atoms with Gasteiger partial charge in [-0.05, 0) is 32.9 Å². The lowest BCUT2D eigenvalue weighted by molar-refractivity contribution is 0.414. The molecule has 3 heterocycles. The van der Waals surface area contributed by atoms with E-state index in [0.717, 1.165) is 38.6 Å². The number of rotatable bonds is 5. The zero-order chi connectivity index (χ0) is 24.4. The Labute approximate surface area is 193 Å². The predicted molar refractivity (Wildman–Crippen MR) is 134 cm³/mol. The molecule has 0 aliphatic carbocycles. The van der Waals surface area contributed by atoms with Gasteiger partial charge in [-0.25, -0.2) is 4.79 Å². The number of imidazole rings is 1. The molecule has 1 atom stereocenters. The fourth-order valence-electron chi connectivity index (χ4n) is 4.22. The summed E-state index contributed by atoms with van der Waals surface area (Å²) in [6, 6.07) is 3.64. The van der Waals surface area contributed by atoms with Crippen molar-refractivity contribution in [3.05, 3.63) is 58.4 Å². The largest absolute Gasteiger partial charge is 0.496 e. The Morgan fingerprint density at radius 3 is 2.45 bits per heavy atom. The highest BCUT2D eigenvalue weighted by molar-refractivity contribution is 6.22. The standard InChI is InChI=1S/C23H26N6O2.C2H6/c1-7-16(13(2)24)17-8-19-18(9-21(17)31-6)22-20(11-25-19)29(23(30)28(22)5)14(3)15-10-26-27(4)12-15;1-2/h7-12,14,24H,1-6H3;1-2H3/b16-7-,24-13?;. The third kappa shape index (κ3) is 3.97. The first kappa shape index (κ1) is 24.0. The molecule has 0 spiro atoms. The van der Waals surface area contributed by atoms with E-state index in [0.29, 0.717) is 11.5 Å². The van der Waals surface area contributed by atoms with E-state index >= 15 is 0 Å². The van der Waals surface area contributed by atoms with Crippen molar-refractivity contribution in [3.63, 3.8) is 0 Å². The van der Waals surface area contributed by atoms with E-state index in [-0.39, 0.29) is 11.7 Å². The quantitative estimate of drug-likeness (QED) is 0.448. The molecule has 0 bridgehead atoms. The Balaban J connectivity index is 0.00000149. The highest BCUT2D eigenvalue weighted by Crippen LogP contribution is 2.34. The lowest BCUT2D eigenvalue weighted by Gasteiger charge is -2.14. The summed E-state index contributed by atoms with van der Waals surface area (Å²) < 4.78 is 10.8. The molecule has 8 nitrogen and oxygen atoms in total. The van der Waals surface area contributed by atoms with Gasteiger partial charge in [-0.3, -0.25) is 18.8 Å². The molecule has 33 heavy (non-hydrogen) atoms. The first-order valence-electron chi connectivity index (χ1n) is 11.1. The van der Waals surface area contributed by atoms with Crippen LogP contribution in [-0.4, -0.2) is 36.7 Å². The number of aromatic nitrogens is 5. The van der Waals surface area contributed by atoms with Crippen LogP contribution in [0.5, 0.6) is 5.75 Å². The Morgan fingerprint density at radius 2 is 1.91 bits per heavy atom. The van der Waals surface area contributed by atoms with Crippen LogP contribution in [0.15, 0.2) is 41.6 Å². The van der Waals surface area contributed by atoms with Crippen molar-refractivity contribution in [2.75, 3.05) is 7.11 Å². The maximum Gasteiger partial charge on any atom is 0.329 e. The van der Waals surface area contributed by atoms with Crippen molar-refractivity contribution < 1.29 is 4.74 Å². The van der Waals surface area contributed by atoms with Crippen LogP contribution in [0.1, 0.15) is 51.8 Å². The Bertz CT molecular complexity index is 1420. The fourth-order valence-corrected chi connectivity index (χ4v) is 4.22. The van der Waals surface area contributed by atoms with Crippen molar-refractivity contribution in [1.29, 1.82) is 5.41 Å². The molecule has 0 radical (unpaired) electrons. The number of ether oxygens (including phenoxy) is 1. The molecule has 1 aromatic carbocycles. The van der Waals surface area contributed by atoms with Gasteiger partial charge in [0.25, 0.3) is 0 Å². The Kier molecular flexibility index (Phi) is 6.86. The second-order valence-electron chi connectivity index (χ2n) is 7.72. The van der Waals surface area contributed by atoms with Crippen molar-refractivity contribution in [3.8, 4) is 5.75 Å². The zero-order valence-corrected chi connectivity index (χ0v) is 20.6. The lowest BCUT2D eigenvalue weighted by atomic mass is 9.98. The van der Waals surface area contributed by atoms with Crippen molar-refractivity contribution in [2.45, 2.75) is 40.7 Å². The van der Waals surface area contributed by atoms with E-state index < -0.39 is 0 Å². The van der Waals surface area contributed by atoms with Gasteiger partial charge in [-0.2, -0.15) is 5.10 Å². The van der Waals surface area contributed by atoms with Crippen LogP contribution < -0.4 is 10.4 Å². The summed E-state index contributed by atoms with van der Waals surface area (Å²) in [6.07, 6.45) is 7.33. The lowest BCUT2D eigenvalue weighted by Crippen LogP contribution is -2.25. The molecule has 0 saturated heterocycles. The van der Waals surface area contributed by atoms with Gasteiger partial charge < -0.3 is 10.1 Å². The summed E-state index contributed by atoms with van der Waals surface area (Å²) in [7, 11) is 5.24. The smallest absolute Gasteiger partial charge is 0.329 e. The van der Waals surface area contributed by atoms with Gasteiger partial charge in [0.2, 0.25) is 0 Å². The molecule has 0 aliphatic rings. The van der Waals surface area contributed by atoms with Gasteiger partial charge in [0.1, 0.15) is 5.75 Å². The first-order valence-corrected chi connectivity index (χ1v) is 11.1. The summed E-state index contributed by atoms with van der Waals surface area (Å²) in [5.74, 6) is 0.641. The second kappa shape index (κ2) is 9.44. The number of allylic oxidation sites excluding steroid dienone is 2. The number of aryl methyl sites for hydroxylation is 2. The fraction of sp³-hybridized carbons (Fsp3) is 0.360. The Hall–Kier alpha value is -3.68. The summed E-state index contributed by atoms with van der Waals surface area (Å²) in [5.41, 5.74) is 5.17. The van der Waals surface area contributed by atoms with Crippen LogP contribution in [0.3, 0.4) is 0 Å². The van der Waals surface area contributed by atoms with E-state index in [9.17, 15) is 4.79 Å². The van der Waals surface area contributed by atoms with E-state index in [2.05, 4.69) is 10.1 Å². The second-order valence-corrected chi connectivity index (χ2v) is 7.72. The highest BCUT2D eigenvalue weighted by atomic mass is 16.5. The van der Waals surface area contributed by atoms with E-state index in [4.69, 9.17) is 10.1 Å². The number of nitrogens with zero attached hydrogens (tertiary/aromatic N) is 5. The molecular formula is C25H32N6O2. The number of methoxy groups -OCH3 is 1. The molecule has 8 heteroatoms. The normalized spacial score (nSPS) is 12.5. The van der Waals surface area contributed by atoms with Crippen molar-refractivity contribution in [2.24, 2.45) is 14.1 Å². The minimum Gasteiger partial charge on any atom is -0.496 e. The van der Waals surface area contributed by atoms with Gasteiger partial charge in [0, 0.05) is 48.1 Å². The number of fused-ring (bicyclic) bond motifs is 3. The number of pyridine rings is 1. The number of hydrogen-bond donors (Lipinski definition) is 1. The summed E-state index contributed by atoms with van der Waals surface area (Å²) in [5, 5.41) is 13.2. The third-order valence-corrected chi connectivity index (χ3v) is 5.81. The van der Waals surface area contributed by atoms with E-state index in [1.54, 1.807) is 47.3 Å². The first-order chi connectivity index (χ1) is 15.8. The van der Waals surface area contributed by atoms with Gasteiger partial charge in [0.15, 0.2) is 0 Å². The molecule has 0 amide bonds. The maximum atomic E-state index is 13.2. The molecular weight excluding hydrogens is 416 g/mol. The third-order valence-electron chi connectivity index (χ3n) is 5.81. The monoisotopic (exact) mass is 448 g/mol. The van der Waals surface area contributed by atoms with E-state index in [1.165, 1.54) is 0 Å². The molecule has 174 valence electrons. The van der Waals surface area contributed by atoms with E-state index in [1.807, 2.05) is 59.1 Å². The minimum atomic E-state index is -0.194. The summed E-state index contributed by atoms with van der Waals surface area (Å²) in [6.45, 7) is 9.63. The van der Waals surface area contributed by atoms with Crippen LogP contribution in [-0.2, 0) is 14.1 Å². The SMILES string of the molecule is C/C=C(/C(C)=N)c1cc2ncc3c(c2cc1OC)n(C)c(=O)n3C(C)c1cnn(C)c1.CC. The van der Waals surface area contributed by atoms with Crippen LogP contribution in [0.25, 0.3) is 27.5 Å². The summed E-state index contributed by atoms with van der Waals surface area (Å²) in [4.78, 5) is 17.9. The molecule has 0 fully saturated rings. The van der Waals surface area contributed by atoms with Crippen LogP contribution in [0, 0.1) is 5.41 Å². The molecule has 0 saturated carbocycles. The number of hydrogen-bond acceptors (Lipinski definition) is 5. The van der Waals surface area contributed by atoms with Crippen molar-refractivity contribution >= 4 is 33.2 Å². The topological polar surface area (TPSA) is 90.7 Å². The minimum absolute atomic E-state index is 0.117. The van der Waals surface area contributed by atoms with Gasteiger partial charge >= 0.3 is 5.69 Å². The van der Waals surface area contributed by atoms with Crippen molar-refractivity contribution in [1.82, 2.24) is 23.9 Å². The molecule has 1 unspecified atom stereocenters. The molecule has 3 aromatic heterocycles. The van der Waals surface area contributed by atoms with Crippen LogP contribution in [0.2, 0.25) is 0 Å². The van der Waals surface area contributed by atoms with Gasteiger partial charge in [-0.15, -0.1) is 0 Å². The molecule has 0 aliphatic heterocycles. The average Bonchev–Trinajstić information content (AvgIpc) is 3.35. The number of benzene rings is 1. The average molecular weight is 449 g/mol. The molecule has 4 rings (SSSR count). The van der Waals surface area contributed by atoms with Crippen LogP contribution >= 0.6 is 0 Å². The summed E-state index contributed by atoms with van der Waals surface area (Å²) >= 11 is 0. The van der Waals surface area contributed by atoms with Gasteiger partial charge in [0.05, 0.1) is 42.1 Å². The van der Waals surface area contributed by atoms with Gasteiger partial charge in [-0.1, -0.05) is 19.9 Å². The Morgan fingerprint density at radius 1 is 1.21 bits per heavy atom. The maximum absolute atomic E-state index is 13.2. The zero-order valence-electron chi connectivity index (χ0n) is 20.6. The number of nitrogens with one attached hydrogen (secondary N) is 1.